The number of aromatic nitrogens is 3. The molecule has 0 saturated carbocycles. The maximum atomic E-state index is 5.07. The molecular weight excluding hydrogens is 703 g/mol. The molecule has 2 heterocycles. The number of benzene rings is 7. The second kappa shape index (κ2) is 14.4. The molecular formula is C55H41N3. The zero-order valence-electron chi connectivity index (χ0n) is 32.8. The molecule has 0 radical (unpaired) electrons. The van der Waals surface area contributed by atoms with E-state index in [1.807, 2.05) is 13.1 Å². The summed E-state index contributed by atoms with van der Waals surface area (Å²) in [4.78, 5) is 15.0. The second-order valence-electron chi connectivity index (χ2n) is 15.3. The molecule has 3 heteroatoms. The van der Waals surface area contributed by atoms with Crippen molar-refractivity contribution >= 4 is 0 Å². The molecule has 0 spiro atoms. The first kappa shape index (κ1) is 35.2. The summed E-state index contributed by atoms with van der Waals surface area (Å²) in [6.07, 6.45) is 1.99. The van der Waals surface area contributed by atoms with Crippen molar-refractivity contribution in [2.75, 3.05) is 0 Å². The molecule has 10 rings (SSSR count). The lowest BCUT2D eigenvalue weighted by Crippen LogP contribution is -2.28. The van der Waals surface area contributed by atoms with Crippen molar-refractivity contribution in [3.8, 4) is 67.2 Å². The highest BCUT2D eigenvalue weighted by Gasteiger charge is 2.47. The van der Waals surface area contributed by atoms with Gasteiger partial charge in [0, 0.05) is 22.9 Å². The molecule has 9 aromatic rings. The first-order valence-corrected chi connectivity index (χ1v) is 19.9. The molecule has 1 atom stereocenters. The van der Waals surface area contributed by atoms with Crippen LogP contribution < -0.4 is 0 Å². The quantitative estimate of drug-likeness (QED) is 0.163. The first-order valence-electron chi connectivity index (χ1n) is 19.9. The van der Waals surface area contributed by atoms with Crippen LogP contribution in [0.5, 0.6) is 0 Å². The minimum Gasteiger partial charge on any atom is -0.256 e. The standard InChI is InChI=1S/C55H41N3/c1-36-32-52(56-35-37(36)2)46-27-13-11-25-44(46)47-29-17-31-50-54(47)48-28-14-15-30-49(48)55(50,41-21-8-5-9-22-41)42-23-16-20-40(33-42)51-34-53(58-38(3)57-51)45-26-12-10-24-43(45)39-18-6-4-7-19-39/h4-35H,1-3H3. The zero-order valence-corrected chi connectivity index (χ0v) is 32.8. The van der Waals surface area contributed by atoms with Gasteiger partial charge in [-0.05, 0) is 106 Å². The van der Waals surface area contributed by atoms with Crippen LogP contribution in [-0.2, 0) is 5.41 Å². The van der Waals surface area contributed by atoms with Crippen LogP contribution in [0.1, 0.15) is 39.2 Å². The van der Waals surface area contributed by atoms with Gasteiger partial charge in [-0.1, -0.05) is 170 Å². The Morgan fingerprint density at radius 3 is 1.67 bits per heavy atom. The van der Waals surface area contributed by atoms with E-state index in [0.29, 0.717) is 0 Å². The van der Waals surface area contributed by atoms with Gasteiger partial charge in [-0.25, -0.2) is 9.97 Å². The van der Waals surface area contributed by atoms with Crippen LogP contribution in [0.2, 0.25) is 0 Å². The first-order chi connectivity index (χ1) is 28.5. The lowest BCUT2D eigenvalue weighted by atomic mass is 9.67. The largest absolute Gasteiger partial charge is 0.256 e. The van der Waals surface area contributed by atoms with E-state index in [4.69, 9.17) is 15.0 Å². The van der Waals surface area contributed by atoms with E-state index in [-0.39, 0.29) is 0 Å². The highest BCUT2D eigenvalue weighted by Crippen LogP contribution is 2.59. The maximum Gasteiger partial charge on any atom is 0.126 e. The van der Waals surface area contributed by atoms with E-state index in [1.165, 1.54) is 55.6 Å². The Kier molecular flexibility index (Phi) is 8.72. The molecule has 0 amide bonds. The fourth-order valence-electron chi connectivity index (χ4n) is 9.08. The third-order valence-corrected chi connectivity index (χ3v) is 11.9. The molecule has 0 saturated heterocycles. The molecule has 7 aromatic carbocycles. The van der Waals surface area contributed by atoms with Gasteiger partial charge in [0.25, 0.3) is 0 Å². The van der Waals surface area contributed by atoms with Crippen molar-refractivity contribution in [1.82, 2.24) is 15.0 Å². The fraction of sp³-hybridized carbons (Fsp3) is 0.0727. The summed E-state index contributed by atoms with van der Waals surface area (Å²) in [6, 6.07) is 68.0. The Bertz CT molecular complexity index is 2990. The highest BCUT2D eigenvalue weighted by molar-refractivity contribution is 5.98. The molecule has 1 aliphatic carbocycles. The van der Waals surface area contributed by atoms with E-state index >= 15 is 0 Å². The summed E-state index contributed by atoms with van der Waals surface area (Å²) in [5, 5.41) is 0. The van der Waals surface area contributed by atoms with Gasteiger partial charge < -0.3 is 0 Å². The molecule has 2 aromatic heterocycles. The van der Waals surface area contributed by atoms with Crippen LogP contribution in [0.3, 0.4) is 0 Å². The lowest BCUT2D eigenvalue weighted by Gasteiger charge is -2.34. The predicted octanol–water partition coefficient (Wildman–Crippen LogP) is 13.5. The molecule has 0 bridgehead atoms. The predicted molar refractivity (Wildman–Crippen MR) is 239 cm³/mol. The van der Waals surface area contributed by atoms with Gasteiger partial charge in [-0.3, -0.25) is 4.98 Å². The summed E-state index contributed by atoms with van der Waals surface area (Å²) in [5.74, 6) is 0.733. The van der Waals surface area contributed by atoms with Gasteiger partial charge in [-0.2, -0.15) is 0 Å². The monoisotopic (exact) mass is 743 g/mol. The van der Waals surface area contributed by atoms with Gasteiger partial charge >= 0.3 is 0 Å². The average molecular weight is 744 g/mol. The van der Waals surface area contributed by atoms with Crippen LogP contribution in [0.15, 0.2) is 194 Å². The highest BCUT2D eigenvalue weighted by atomic mass is 14.9. The molecule has 1 aliphatic rings. The van der Waals surface area contributed by atoms with Gasteiger partial charge in [0.05, 0.1) is 22.5 Å². The fourth-order valence-corrected chi connectivity index (χ4v) is 9.08. The van der Waals surface area contributed by atoms with E-state index in [2.05, 4.69) is 202 Å². The number of hydrogen-bond acceptors (Lipinski definition) is 3. The maximum absolute atomic E-state index is 5.07. The van der Waals surface area contributed by atoms with Gasteiger partial charge in [-0.15, -0.1) is 0 Å². The van der Waals surface area contributed by atoms with Gasteiger partial charge in [0.2, 0.25) is 0 Å². The molecule has 0 aliphatic heterocycles. The van der Waals surface area contributed by atoms with Crippen LogP contribution in [0.4, 0.5) is 0 Å². The van der Waals surface area contributed by atoms with Crippen molar-refractivity contribution in [1.29, 1.82) is 0 Å². The molecule has 1 unspecified atom stereocenters. The zero-order chi connectivity index (χ0) is 39.2. The van der Waals surface area contributed by atoms with Crippen molar-refractivity contribution in [3.63, 3.8) is 0 Å². The normalized spacial score (nSPS) is 14.2. The van der Waals surface area contributed by atoms with E-state index in [0.717, 1.165) is 50.7 Å². The van der Waals surface area contributed by atoms with Crippen molar-refractivity contribution in [2.24, 2.45) is 0 Å². The van der Waals surface area contributed by atoms with Crippen LogP contribution >= 0.6 is 0 Å². The van der Waals surface area contributed by atoms with Crippen molar-refractivity contribution in [2.45, 2.75) is 26.2 Å². The number of hydrogen-bond donors (Lipinski definition) is 0. The molecule has 3 nitrogen and oxygen atoms in total. The number of fused-ring (bicyclic) bond motifs is 3. The molecule has 0 N–H and O–H groups in total. The molecule has 58 heavy (non-hydrogen) atoms. The molecule has 276 valence electrons. The van der Waals surface area contributed by atoms with Crippen molar-refractivity contribution in [3.05, 3.63) is 233 Å². The lowest BCUT2D eigenvalue weighted by molar-refractivity contribution is 0.769. The van der Waals surface area contributed by atoms with E-state index in [9.17, 15) is 0 Å². The van der Waals surface area contributed by atoms with E-state index < -0.39 is 5.41 Å². The summed E-state index contributed by atoms with van der Waals surface area (Å²) in [5.41, 5.74) is 20.0. The summed E-state index contributed by atoms with van der Waals surface area (Å²) < 4.78 is 0. The number of nitrogens with zero attached hydrogens (tertiary/aromatic N) is 3. The topological polar surface area (TPSA) is 38.7 Å². The SMILES string of the molecule is Cc1nc(-c2cccc(C3(c4ccccc4)c4ccccc4-c4c(-c5ccccc5-c5cc(C)c(C)cn5)cccc43)c2)cc(-c2ccccc2-c2ccccc2)n1. The summed E-state index contributed by atoms with van der Waals surface area (Å²) in [6.45, 7) is 6.27. The van der Waals surface area contributed by atoms with Gasteiger partial charge in [0.15, 0.2) is 0 Å². The van der Waals surface area contributed by atoms with Crippen molar-refractivity contribution < 1.29 is 0 Å². The van der Waals surface area contributed by atoms with Gasteiger partial charge in [0.1, 0.15) is 5.82 Å². The number of aryl methyl sites for hydroxylation is 3. The Morgan fingerprint density at radius 2 is 0.914 bits per heavy atom. The van der Waals surface area contributed by atoms with Crippen LogP contribution in [0.25, 0.3) is 67.2 Å². The number of pyridine rings is 1. The Morgan fingerprint density at radius 1 is 0.362 bits per heavy atom. The average Bonchev–Trinajstić information content (AvgIpc) is 3.59. The van der Waals surface area contributed by atoms with Crippen LogP contribution in [-0.4, -0.2) is 15.0 Å². The Hall–Kier alpha value is -7.23. The smallest absolute Gasteiger partial charge is 0.126 e. The third-order valence-electron chi connectivity index (χ3n) is 11.9. The van der Waals surface area contributed by atoms with E-state index in [1.54, 1.807) is 0 Å². The van der Waals surface area contributed by atoms with Crippen LogP contribution in [0, 0.1) is 20.8 Å². The minimum atomic E-state index is -0.600. The number of rotatable bonds is 7. The minimum absolute atomic E-state index is 0.600. The molecule has 0 fully saturated rings. The Labute approximate surface area is 340 Å². The third kappa shape index (κ3) is 5.78. The Balaban J connectivity index is 1.19. The summed E-state index contributed by atoms with van der Waals surface area (Å²) in [7, 11) is 0. The summed E-state index contributed by atoms with van der Waals surface area (Å²) >= 11 is 0. The second-order valence-corrected chi connectivity index (χ2v) is 15.3.